The topological polar surface area (TPSA) is 124 Å². The molecule has 0 unspecified atom stereocenters. The maximum atomic E-state index is 12.6. The third-order valence-corrected chi connectivity index (χ3v) is 4.90. The van der Waals surface area contributed by atoms with Gasteiger partial charge in [0.25, 0.3) is 5.56 Å². The van der Waals surface area contributed by atoms with Gasteiger partial charge < -0.3 is 10.2 Å². The SMILES string of the molecule is CC(C)n1[nH]c(=O)c2c(-c3ccc(O)c(O)c3)c3sc(=O)[nH]c3nc21. The van der Waals surface area contributed by atoms with E-state index in [1.54, 1.807) is 10.7 Å². The van der Waals surface area contributed by atoms with E-state index in [1.165, 1.54) is 12.1 Å². The first kappa shape index (κ1) is 15.5. The first-order valence-corrected chi connectivity index (χ1v) is 8.38. The molecular formula is C16H14N4O4S. The van der Waals surface area contributed by atoms with E-state index in [0.717, 1.165) is 11.3 Å². The number of fused-ring (bicyclic) bond motifs is 2. The summed E-state index contributed by atoms with van der Waals surface area (Å²) >= 11 is 0.945. The Hall–Kier alpha value is -3.07. The molecule has 0 saturated heterocycles. The van der Waals surface area contributed by atoms with Crippen molar-refractivity contribution in [3.63, 3.8) is 0 Å². The molecule has 128 valence electrons. The van der Waals surface area contributed by atoms with Crippen molar-refractivity contribution in [2.24, 2.45) is 0 Å². The lowest BCUT2D eigenvalue weighted by atomic mass is 10.0. The number of hydrogen-bond acceptors (Lipinski definition) is 6. The first-order chi connectivity index (χ1) is 11.9. The van der Waals surface area contributed by atoms with Crippen LogP contribution in [0.15, 0.2) is 27.8 Å². The predicted molar refractivity (Wildman–Crippen MR) is 95.5 cm³/mol. The molecule has 0 fully saturated rings. The van der Waals surface area contributed by atoms with Crippen molar-refractivity contribution >= 4 is 32.7 Å². The van der Waals surface area contributed by atoms with Crippen LogP contribution in [0.3, 0.4) is 0 Å². The number of aromatic hydroxyl groups is 2. The van der Waals surface area contributed by atoms with Gasteiger partial charge in [0.1, 0.15) is 0 Å². The molecule has 25 heavy (non-hydrogen) atoms. The van der Waals surface area contributed by atoms with Crippen LogP contribution >= 0.6 is 11.3 Å². The van der Waals surface area contributed by atoms with Crippen LogP contribution in [0, 0.1) is 0 Å². The minimum absolute atomic E-state index is 0.0402. The van der Waals surface area contributed by atoms with Gasteiger partial charge in [-0.15, -0.1) is 0 Å². The number of hydrogen-bond donors (Lipinski definition) is 4. The number of H-pyrrole nitrogens is 2. The second-order valence-corrected chi connectivity index (χ2v) is 6.97. The molecule has 3 aromatic heterocycles. The molecule has 0 radical (unpaired) electrons. The van der Waals surface area contributed by atoms with Crippen molar-refractivity contribution < 1.29 is 10.2 Å². The Balaban J connectivity index is 2.24. The fourth-order valence-electron chi connectivity index (χ4n) is 2.89. The molecule has 1 aromatic carbocycles. The van der Waals surface area contributed by atoms with E-state index in [4.69, 9.17) is 0 Å². The van der Waals surface area contributed by atoms with Gasteiger partial charge in [-0.2, -0.15) is 0 Å². The number of phenols is 2. The molecule has 0 spiro atoms. The van der Waals surface area contributed by atoms with Gasteiger partial charge in [0.15, 0.2) is 22.8 Å². The van der Waals surface area contributed by atoms with E-state index in [1.807, 2.05) is 13.8 Å². The Kier molecular flexibility index (Phi) is 3.22. The molecule has 0 atom stereocenters. The van der Waals surface area contributed by atoms with Crippen molar-refractivity contribution in [2.75, 3.05) is 0 Å². The second-order valence-electron chi connectivity index (χ2n) is 5.99. The van der Waals surface area contributed by atoms with Crippen LogP contribution < -0.4 is 10.4 Å². The molecule has 9 heteroatoms. The summed E-state index contributed by atoms with van der Waals surface area (Å²) in [6, 6.07) is 4.24. The quantitative estimate of drug-likeness (QED) is 0.409. The summed E-state index contributed by atoms with van der Waals surface area (Å²) in [5.74, 6) is -0.570. The largest absolute Gasteiger partial charge is 0.504 e. The number of benzene rings is 1. The monoisotopic (exact) mass is 358 g/mol. The number of nitrogens with zero attached hydrogens (tertiary/aromatic N) is 2. The van der Waals surface area contributed by atoms with E-state index in [2.05, 4.69) is 15.1 Å². The molecular weight excluding hydrogens is 344 g/mol. The van der Waals surface area contributed by atoms with Gasteiger partial charge in [0, 0.05) is 11.6 Å². The van der Waals surface area contributed by atoms with Crippen LogP contribution in [-0.4, -0.2) is 30.0 Å². The molecule has 0 bridgehead atoms. The average molecular weight is 358 g/mol. The Morgan fingerprint density at radius 3 is 2.64 bits per heavy atom. The Morgan fingerprint density at radius 2 is 1.96 bits per heavy atom. The zero-order chi connectivity index (χ0) is 17.9. The summed E-state index contributed by atoms with van der Waals surface area (Å²) in [7, 11) is 0. The van der Waals surface area contributed by atoms with Gasteiger partial charge in [-0.05, 0) is 31.5 Å². The third kappa shape index (κ3) is 2.23. The van der Waals surface area contributed by atoms with E-state index >= 15 is 0 Å². The lowest BCUT2D eigenvalue weighted by Gasteiger charge is -2.09. The average Bonchev–Trinajstić information content (AvgIpc) is 3.07. The highest BCUT2D eigenvalue weighted by atomic mass is 32.1. The number of rotatable bonds is 2. The van der Waals surface area contributed by atoms with Crippen molar-refractivity contribution in [1.29, 1.82) is 0 Å². The molecule has 4 N–H and O–H groups in total. The number of pyridine rings is 1. The maximum Gasteiger partial charge on any atom is 0.306 e. The van der Waals surface area contributed by atoms with Gasteiger partial charge in [-0.25, -0.2) is 4.98 Å². The van der Waals surface area contributed by atoms with Crippen LogP contribution in [0.5, 0.6) is 11.5 Å². The van der Waals surface area contributed by atoms with Gasteiger partial charge in [0.05, 0.1) is 10.1 Å². The molecule has 0 amide bonds. The molecule has 3 heterocycles. The van der Waals surface area contributed by atoms with Crippen molar-refractivity contribution in [2.45, 2.75) is 19.9 Å². The van der Waals surface area contributed by atoms with Gasteiger partial charge in [-0.1, -0.05) is 17.4 Å². The van der Waals surface area contributed by atoms with Gasteiger partial charge >= 0.3 is 4.87 Å². The third-order valence-electron chi connectivity index (χ3n) is 4.01. The summed E-state index contributed by atoms with van der Waals surface area (Å²) in [6.07, 6.45) is 0. The summed E-state index contributed by atoms with van der Waals surface area (Å²) in [4.78, 5) is 31.3. The minimum atomic E-state index is -0.332. The van der Waals surface area contributed by atoms with Gasteiger partial charge in [-0.3, -0.25) is 24.4 Å². The molecule has 0 aliphatic rings. The van der Waals surface area contributed by atoms with Crippen LogP contribution in [0.2, 0.25) is 0 Å². The van der Waals surface area contributed by atoms with Crippen molar-refractivity contribution in [3.05, 3.63) is 38.2 Å². The fourth-order valence-corrected chi connectivity index (χ4v) is 3.74. The van der Waals surface area contributed by atoms with Crippen LogP contribution in [0.25, 0.3) is 32.5 Å². The molecule has 4 aromatic rings. The normalized spacial score (nSPS) is 11.8. The molecule has 0 aliphatic carbocycles. The fraction of sp³-hybridized carbons (Fsp3) is 0.188. The van der Waals surface area contributed by atoms with Gasteiger partial charge in [0.2, 0.25) is 0 Å². The lowest BCUT2D eigenvalue weighted by Crippen LogP contribution is -2.08. The number of aromatic amines is 2. The molecule has 4 rings (SSSR count). The smallest absolute Gasteiger partial charge is 0.306 e. The van der Waals surface area contributed by atoms with E-state index in [0.29, 0.717) is 32.5 Å². The Bertz CT molecular complexity index is 1240. The Morgan fingerprint density at radius 1 is 1.20 bits per heavy atom. The zero-order valence-electron chi connectivity index (χ0n) is 13.3. The van der Waals surface area contributed by atoms with E-state index in [9.17, 15) is 19.8 Å². The van der Waals surface area contributed by atoms with E-state index < -0.39 is 0 Å². The summed E-state index contributed by atoms with van der Waals surface area (Å²) in [6.45, 7) is 3.81. The summed E-state index contributed by atoms with van der Waals surface area (Å²) in [5.41, 5.74) is 1.47. The van der Waals surface area contributed by atoms with Crippen molar-refractivity contribution in [3.8, 4) is 22.6 Å². The van der Waals surface area contributed by atoms with Crippen LogP contribution in [-0.2, 0) is 0 Å². The summed E-state index contributed by atoms with van der Waals surface area (Å²) in [5, 5.41) is 22.5. The van der Waals surface area contributed by atoms with E-state index in [-0.39, 0.29) is 28.0 Å². The van der Waals surface area contributed by atoms with Crippen LogP contribution in [0.4, 0.5) is 0 Å². The maximum absolute atomic E-state index is 12.6. The zero-order valence-corrected chi connectivity index (χ0v) is 14.1. The highest BCUT2D eigenvalue weighted by molar-refractivity contribution is 7.17. The standard InChI is InChI=1S/C16H14N4O4S/c1-6(2)20-14-11(15(23)19-20)10(7-3-4-8(21)9(22)5-7)12-13(17-14)18-16(24)25-12/h3-6,21-22H,1-2H3,(H,19,23)(H,17,18,24). The molecule has 8 nitrogen and oxygen atoms in total. The highest BCUT2D eigenvalue weighted by Crippen LogP contribution is 2.38. The lowest BCUT2D eigenvalue weighted by molar-refractivity contribution is 0.404. The van der Waals surface area contributed by atoms with Crippen LogP contribution in [0.1, 0.15) is 19.9 Å². The van der Waals surface area contributed by atoms with Crippen molar-refractivity contribution in [1.82, 2.24) is 19.7 Å². The minimum Gasteiger partial charge on any atom is -0.504 e. The molecule has 0 aliphatic heterocycles. The highest BCUT2D eigenvalue weighted by Gasteiger charge is 2.21. The number of nitrogens with one attached hydrogen (secondary N) is 2. The molecule has 0 saturated carbocycles. The predicted octanol–water partition coefficient (Wildman–Crippen LogP) is 2.29. The summed E-state index contributed by atoms with van der Waals surface area (Å²) < 4.78 is 2.16. The number of phenolic OH excluding ortho intramolecular Hbond substituents is 2. The number of thiazole rings is 1. The second kappa shape index (κ2) is 5.21. The Labute approximate surface area is 144 Å². The first-order valence-electron chi connectivity index (χ1n) is 7.56. The number of aromatic nitrogens is 4.